The quantitative estimate of drug-likeness (QED) is 0.643. The molecule has 20 heavy (non-hydrogen) atoms. The van der Waals surface area contributed by atoms with Crippen LogP contribution in [0.4, 0.5) is 0 Å². The molecule has 1 unspecified atom stereocenters. The lowest BCUT2D eigenvalue weighted by molar-refractivity contribution is -0.140. The van der Waals surface area contributed by atoms with Crippen LogP contribution in [0.1, 0.15) is 18.5 Å². The molecule has 1 aliphatic heterocycles. The molecule has 2 aromatic rings. The third-order valence-electron chi connectivity index (χ3n) is 3.07. The number of carbonyl (C=O) groups excluding carboxylic acids is 1. The van der Waals surface area contributed by atoms with Gasteiger partial charge in [0.25, 0.3) is 0 Å². The predicted octanol–water partition coefficient (Wildman–Crippen LogP) is 2.78. The third kappa shape index (κ3) is 2.87. The van der Waals surface area contributed by atoms with Crippen molar-refractivity contribution in [2.24, 2.45) is 0 Å². The molecule has 5 nitrogen and oxygen atoms in total. The van der Waals surface area contributed by atoms with E-state index in [0.717, 1.165) is 24.4 Å². The molecule has 1 fully saturated rings. The Balaban J connectivity index is 1.62. The van der Waals surface area contributed by atoms with Crippen LogP contribution in [0.3, 0.4) is 0 Å². The van der Waals surface area contributed by atoms with Crippen molar-refractivity contribution in [1.82, 2.24) is 9.38 Å². The van der Waals surface area contributed by atoms with Crippen LogP contribution in [0.25, 0.3) is 11.0 Å². The van der Waals surface area contributed by atoms with Crippen molar-refractivity contribution in [3.05, 3.63) is 28.5 Å². The summed E-state index contributed by atoms with van der Waals surface area (Å²) < 4.78 is 12.4. The molecule has 2 aromatic heterocycles. The molecule has 0 amide bonds. The number of ether oxygens (including phenoxy) is 2. The van der Waals surface area contributed by atoms with Gasteiger partial charge in [-0.25, -0.2) is 9.78 Å². The van der Waals surface area contributed by atoms with Crippen LogP contribution in [-0.2, 0) is 14.3 Å². The summed E-state index contributed by atoms with van der Waals surface area (Å²) >= 11 is 7.51. The Hall–Kier alpha value is -1.37. The SMILES string of the molecule is O=C(/C=C/c1c(Cl)nc2sccn12)OCC1CCCO1. The highest BCUT2D eigenvalue weighted by atomic mass is 35.5. The van der Waals surface area contributed by atoms with Crippen molar-refractivity contribution in [2.45, 2.75) is 18.9 Å². The Bertz CT molecular complexity index is 643. The van der Waals surface area contributed by atoms with Gasteiger partial charge in [-0.1, -0.05) is 11.6 Å². The van der Waals surface area contributed by atoms with Gasteiger partial charge in [-0.3, -0.25) is 4.40 Å². The number of hydrogen-bond donors (Lipinski definition) is 0. The molecule has 3 heterocycles. The van der Waals surface area contributed by atoms with E-state index in [1.54, 1.807) is 6.08 Å². The first-order valence-electron chi connectivity index (χ1n) is 6.31. The fourth-order valence-corrected chi connectivity index (χ4v) is 3.08. The molecular formula is C13H13ClN2O3S. The number of rotatable bonds is 4. The van der Waals surface area contributed by atoms with Gasteiger partial charge in [0.15, 0.2) is 10.1 Å². The van der Waals surface area contributed by atoms with E-state index in [1.807, 2.05) is 16.0 Å². The van der Waals surface area contributed by atoms with Gasteiger partial charge in [-0.2, -0.15) is 0 Å². The van der Waals surface area contributed by atoms with Gasteiger partial charge in [0, 0.05) is 24.3 Å². The maximum absolute atomic E-state index is 11.6. The van der Waals surface area contributed by atoms with E-state index in [2.05, 4.69) is 4.98 Å². The molecule has 1 saturated heterocycles. The number of nitrogens with zero attached hydrogens (tertiary/aromatic N) is 2. The summed E-state index contributed by atoms with van der Waals surface area (Å²) in [6, 6.07) is 0. The van der Waals surface area contributed by atoms with Gasteiger partial charge >= 0.3 is 5.97 Å². The third-order valence-corrected chi connectivity index (χ3v) is 4.10. The standard InChI is InChI=1S/C13H13ClN2O3S/c14-12-10(16-5-7-20-13(16)15-12)3-4-11(17)19-8-9-2-1-6-18-9/h3-5,7,9H,1-2,6,8H2/b4-3+. The lowest BCUT2D eigenvalue weighted by Crippen LogP contribution is -2.16. The fraction of sp³-hybridized carbons (Fsp3) is 0.385. The molecule has 0 aromatic carbocycles. The highest BCUT2D eigenvalue weighted by Gasteiger charge is 2.16. The number of aromatic nitrogens is 2. The van der Waals surface area contributed by atoms with Crippen LogP contribution in [0.5, 0.6) is 0 Å². The van der Waals surface area contributed by atoms with E-state index in [4.69, 9.17) is 21.1 Å². The average molecular weight is 313 g/mol. The summed E-state index contributed by atoms with van der Waals surface area (Å²) in [4.78, 5) is 16.6. The zero-order valence-electron chi connectivity index (χ0n) is 10.6. The molecule has 1 aliphatic rings. The minimum Gasteiger partial charge on any atom is -0.460 e. The fourth-order valence-electron chi connectivity index (χ4n) is 2.07. The number of halogens is 1. The maximum Gasteiger partial charge on any atom is 0.330 e. The van der Waals surface area contributed by atoms with Crippen LogP contribution in [0, 0.1) is 0 Å². The van der Waals surface area contributed by atoms with Gasteiger partial charge in [0.1, 0.15) is 6.61 Å². The van der Waals surface area contributed by atoms with E-state index >= 15 is 0 Å². The summed E-state index contributed by atoms with van der Waals surface area (Å²) in [5.74, 6) is -0.401. The molecule has 0 radical (unpaired) electrons. The zero-order chi connectivity index (χ0) is 13.9. The average Bonchev–Trinajstić information content (AvgIpc) is 3.11. The van der Waals surface area contributed by atoms with Crippen molar-refractivity contribution in [1.29, 1.82) is 0 Å². The van der Waals surface area contributed by atoms with Gasteiger partial charge in [-0.15, -0.1) is 11.3 Å². The topological polar surface area (TPSA) is 52.8 Å². The van der Waals surface area contributed by atoms with Crippen molar-refractivity contribution < 1.29 is 14.3 Å². The lowest BCUT2D eigenvalue weighted by atomic mass is 10.2. The van der Waals surface area contributed by atoms with E-state index in [-0.39, 0.29) is 6.10 Å². The molecule has 106 valence electrons. The minimum absolute atomic E-state index is 0.0366. The number of thiazole rings is 1. The van der Waals surface area contributed by atoms with Gasteiger partial charge in [0.2, 0.25) is 0 Å². The Labute approximate surface area is 124 Å². The predicted molar refractivity (Wildman–Crippen MR) is 77.0 cm³/mol. The van der Waals surface area contributed by atoms with Crippen LogP contribution in [0.15, 0.2) is 17.7 Å². The first-order valence-corrected chi connectivity index (χ1v) is 7.57. The summed E-state index contributed by atoms with van der Waals surface area (Å²) in [5, 5.41) is 2.28. The summed E-state index contributed by atoms with van der Waals surface area (Å²) in [7, 11) is 0. The number of fused-ring (bicyclic) bond motifs is 1. The van der Waals surface area contributed by atoms with E-state index < -0.39 is 5.97 Å². The van der Waals surface area contributed by atoms with Crippen molar-refractivity contribution >= 4 is 39.9 Å². The molecule has 0 spiro atoms. The largest absolute Gasteiger partial charge is 0.460 e. The molecule has 0 saturated carbocycles. The summed E-state index contributed by atoms with van der Waals surface area (Å²) in [6.45, 7) is 1.05. The lowest BCUT2D eigenvalue weighted by Gasteiger charge is -2.08. The molecular weight excluding hydrogens is 300 g/mol. The number of carbonyl (C=O) groups is 1. The van der Waals surface area contributed by atoms with E-state index in [1.165, 1.54) is 17.4 Å². The summed E-state index contributed by atoms with van der Waals surface area (Å²) in [6.07, 6.45) is 6.85. The molecule has 0 N–H and O–H groups in total. The zero-order valence-corrected chi connectivity index (χ0v) is 12.2. The van der Waals surface area contributed by atoms with Crippen molar-refractivity contribution in [3.63, 3.8) is 0 Å². The van der Waals surface area contributed by atoms with E-state index in [9.17, 15) is 4.79 Å². The van der Waals surface area contributed by atoms with Gasteiger partial charge in [-0.05, 0) is 18.9 Å². The maximum atomic E-state index is 11.6. The first-order chi connectivity index (χ1) is 9.74. The van der Waals surface area contributed by atoms with Gasteiger partial charge < -0.3 is 9.47 Å². The Morgan fingerprint density at radius 1 is 1.70 bits per heavy atom. The second-order valence-electron chi connectivity index (χ2n) is 4.44. The normalized spacial score (nSPS) is 19.1. The Morgan fingerprint density at radius 2 is 2.60 bits per heavy atom. The highest BCUT2D eigenvalue weighted by molar-refractivity contribution is 7.15. The second-order valence-corrected chi connectivity index (χ2v) is 5.67. The minimum atomic E-state index is -0.401. The van der Waals surface area contributed by atoms with Gasteiger partial charge in [0.05, 0.1) is 11.8 Å². The van der Waals surface area contributed by atoms with Crippen molar-refractivity contribution in [2.75, 3.05) is 13.2 Å². The van der Waals surface area contributed by atoms with Crippen LogP contribution >= 0.6 is 22.9 Å². The van der Waals surface area contributed by atoms with Crippen LogP contribution < -0.4 is 0 Å². The molecule has 3 rings (SSSR count). The Kier molecular flexibility index (Phi) is 4.05. The monoisotopic (exact) mass is 312 g/mol. The van der Waals surface area contributed by atoms with Crippen LogP contribution in [-0.4, -0.2) is 34.7 Å². The molecule has 0 aliphatic carbocycles. The number of esters is 1. The van der Waals surface area contributed by atoms with Crippen molar-refractivity contribution in [3.8, 4) is 0 Å². The second kappa shape index (κ2) is 5.95. The molecule has 1 atom stereocenters. The van der Waals surface area contributed by atoms with Crippen LogP contribution in [0.2, 0.25) is 5.15 Å². The number of hydrogen-bond acceptors (Lipinski definition) is 5. The highest BCUT2D eigenvalue weighted by Crippen LogP contribution is 2.22. The Morgan fingerprint density at radius 3 is 3.40 bits per heavy atom. The first kappa shape index (κ1) is 13.6. The molecule has 7 heteroatoms. The smallest absolute Gasteiger partial charge is 0.330 e. The molecule has 0 bridgehead atoms. The van der Waals surface area contributed by atoms with E-state index in [0.29, 0.717) is 17.5 Å². The summed E-state index contributed by atoms with van der Waals surface area (Å²) in [5.41, 5.74) is 0.678. The number of imidazole rings is 1.